The maximum Gasteiger partial charge on any atom is 0.0958 e. The monoisotopic (exact) mass is 143 g/mol. The molecule has 1 aliphatic rings. The highest BCUT2D eigenvalue weighted by Crippen LogP contribution is 2.03. The number of β-amino-alcohol motifs (C(OH)–C–C–N with tert-alkyl or cyclic N) is 1. The number of allylic oxidation sites excluding steroid dienone is 1. The maximum absolute atomic E-state index is 9.01. The Kier molecular flexibility index (Phi) is 2.86. The molecule has 0 aromatic heterocycles. The molecule has 0 unspecified atom stereocenters. The van der Waals surface area contributed by atoms with Crippen LogP contribution in [0.1, 0.15) is 6.92 Å². The highest BCUT2D eigenvalue weighted by Gasteiger charge is 2.19. The zero-order valence-corrected chi connectivity index (χ0v) is 6.16. The summed E-state index contributed by atoms with van der Waals surface area (Å²) in [5.74, 6) is 0. The Morgan fingerprint density at radius 1 is 1.80 bits per heavy atom. The number of aliphatic hydroxyl groups is 1. The van der Waals surface area contributed by atoms with E-state index >= 15 is 0 Å². The van der Waals surface area contributed by atoms with Crippen LogP contribution in [0, 0.1) is 0 Å². The molecule has 0 aliphatic carbocycles. The first kappa shape index (κ1) is 7.72. The molecule has 1 atom stereocenters. The van der Waals surface area contributed by atoms with Crippen LogP contribution >= 0.6 is 0 Å². The van der Waals surface area contributed by atoms with E-state index in [4.69, 9.17) is 9.94 Å². The number of hydrogen-bond acceptors (Lipinski definition) is 3. The van der Waals surface area contributed by atoms with Gasteiger partial charge in [-0.1, -0.05) is 12.2 Å². The highest BCUT2D eigenvalue weighted by atomic mass is 16.7. The van der Waals surface area contributed by atoms with Crippen molar-refractivity contribution in [2.75, 3.05) is 19.7 Å². The first-order chi connectivity index (χ1) is 4.83. The Hall–Kier alpha value is -0.380. The molecule has 0 bridgehead atoms. The lowest BCUT2D eigenvalue weighted by atomic mass is 10.4. The van der Waals surface area contributed by atoms with E-state index < -0.39 is 0 Å². The zero-order chi connectivity index (χ0) is 7.40. The molecule has 1 heterocycles. The Morgan fingerprint density at radius 2 is 2.60 bits per heavy atom. The summed E-state index contributed by atoms with van der Waals surface area (Å²) in [5, 5.41) is 10.8. The molecule has 0 spiro atoms. The summed E-state index contributed by atoms with van der Waals surface area (Å²) in [6, 6.07) is 0. The summed E-state index contributed by atoms with van der Waals surface area (Å²) in [5.41, 5.74) is 0. The minimum Gasteiger partial charge on any atom is -0.389 e. The van der Waals surface area contributed by atoms with Crippen LogP contribution in [0.15, 0.2) is 12.2 Å². The molecule has 1 aliphatic heterocycles. The average molecular weight is 143 g/mol. The SMILES string of the molecule is C/C=C/CN1C[C@H](O)CO1. The van der Waals surface area contributed by atoms with Crippen molar-refractivity contribution in [3.63, 3.8) is 0 Å². The Labute approximate surface area is 60.9 Å². The molecule has 0 saturated carbocycles. The van der Waals surface area contributed by atoms with Crippen LogP contribution in [0.3, 0.4) is 0 Å². The van der Waals surface area contributed by atoms with Gasteiger partial charge in [-0.2, -0.15) is 5.06 Å². The van der Waals surface area contributed by atoms with Crippen LogP contribution in [0.25, 0.3) is 0 Å². The van der Waals surface area contributed by atoms with Crippen molar-refractivity contribution in [2.24, 2.45) is 0 Å². The minimum atomic E-state index is -0.301. The lowest BCUT2D eigenvalue weighted by Gasteiger charge is -2.08. The van der Waals surface area contributed by atoms with Gasteiger partial charge in [-0.15, -0.1) is 0 Å². The fourth-order valence-corrected chi connectivity index (χ4v) is 0.882. The predicted octanol–water partition coefficient (Wildman–Crippen LogP) is 0.171. The van der Waals surface area contributed by atoms with Gasteiger partial charge in [0.1, 0.15) is 0 Å². The van der Waals surface area contributed by atoms with Gasteiger partial charge in [0, 0.05) is 6.54 Å². The van der Waals surface area contributed by atoms with Gasteiger partial charge in [-0.25, -0.2) is 0 Å². The van der Waals surface area contributed by atoms with Gasteiger partial charge in [0.25, 0.3) is 0 Å². The number of nitrogens with zero attached hydrogens (tertiary/aromatic N) is 1. The summed E-state index contributed by atoms with van der Waals surface area (Å²) >= 11 is 0. The van der Waals surface area contributed by atoms with Crippen molar-refractivity contribution < 1.29 is 9.94 Å². The standard InChI is InChI=1S/C7H13NO2/c1-2-3-4-8-5-7(9)6-10-8/h2-3,7,9H,4-6H2,1H3/b3-2+/t7-/m0/s1. The molecule has 0 radical (unpaired) electrons. The quantitative estimate of drug-likeness (QED) is 0.559. The topological polar surface area (TPSA) is 32.7 Å². The van der Waals surface area contributed by atoms with Gasteiger partial charge in [0.2, 0.25) is 0 Å². The normalized spacial score (nSPS) is 28.4. The first-order valence-corrected chi connectivity index (χ1v) is 3.50. The molecular weight excluding hydrogens is 130 g/mol. The van der Waals surface area contributed by atoms with E-state index in [0.717, 1.165) is 6.54 Å². The minimum absolute atomic E-state index is 0.301. The lowest BCUT2D eigenvalue weighted by Crippen LogP contribution is -2.20. The summed E-state index contributed by atoms with van der Waals surface area (Å²) in [7, 11) is 0. The van der Waals surface area contributed by atoms with E-state index in [-0.39, 0.29) is 6.10 Å². The van der Waals surface area contributed by atoms with Crippen molar-refractivity contribution >= 4 is 0 Å². The van der Waals surface area contributed by atoms with Crippen molar-refractivity contribution in [2.45, 2.75) is 13.0 Å². The van der Waals surface area contributed by atoms with Crippen LogP contribution < -0.4 is 0 Å². The largest absolute Gasteiger partial charge is 0.389 e. The van der Waals surface area contributed by atoms with E-state index in [2.05, 4.69) is 0 Å². The van der Waals surface area contributed by atoms with Gasteiger partial charge in [0.05, 0.1) is 19.3 Å². The van der Waals surface area contributed by atoms with Crippen LogP contribution in [-0.4, -0.2) is 36.0 Å². The zero-order valence-electron chi connectivity index (χ0n) is 6.16. The molecule has 1 N–H and O–H groups in total. The average Bonchev–Trinajstić information content (AvgIpc) is 2.31. The highest BCUT2D eigenvalue weighted by molar-refractivity contribution is 4.80. The van der Waals surface area contributed by atoms with Crippen molar-refractivity contribution in [1.29, 1.82) is 0 Å². The molecular formula is C7H13NO2. The fourth-order valence-electron chi connectivity index (χ4n) is 0.882. The smallest absolute Gasteiger partial charge is 0.0958 e. The molecule has 0 aromatic carbocycles. The van der Waals surface area contributed by atoms with Crippen molar-refractivity contribution in [1.82, 2.24) is 5.06 Å². The molecule has 1 fully saturated rings. The third kappa shape index (κ3) is 2.10. The third-order valence-corrected chi connectivity index (χ3v) is 1.41. The van der Waals surface area contributed by atoms with Crippen molar-refractivity contribution in [3.05, 3.63) is 12.2 Å². The number of hydrogen-bond donors (Lipinski definition) is 1. The van der Waals surface area contributed by atoms with Crippen molar-refractivity contribution in [3.8, 4) is 0 Å². The van der Waals surface area contributed by atoms with Gasteiger partial charge in [-0.3, -0.25) is 4.84 Å². The molecule has 0 amide bonds. The fraction of sp³-hybridized carbons (Fsp3) is 0.714. The summed E-state index contributed by atoms with van der Waals surface area (Å²) < 4.78 is 0. The summed E-state index contributed by atoms with van der Waals surface area (Å²) in [6.07, 6.45) is 3.66. The van der Waals surface area contributed by atoms with Crippen LogP contribution in [-0.2, 0) is 4.84 Å². The Morgan fingerprint density at radius 3 is 3.10 bits per heavy atom. The second-order valence-electron chi connectivity index (χ2n) is 2.37. The Bertz CT molecular complexity index is 125. The second kappa shape index (κ2) is 3.71. The van der Waals surface area contributed by atoms with E-state index in [9.17, 15) is 0 Å². The lowest BCUT2D eigenvalue weighted by molar-refractivity contribution is -0.101. The molecule has 0 aromatic rings. The van der Waals surface area contributed by atoms with E-state index in [0.29, 0.717) is 13.2 Å². The molecule has 10 heavy (non-hydrogen) atoms. The molecule has 3 nitrogen and oxygen atoms in total. The van der Waals surface area contributed by atoms with E-state index in [1.807, 2.05) is 19.1 Å². The first-order valence-electron chi connectivity index (χ1n) is 3.50. The third-order valence-electron chi connectivity index (χ3n) is 1.41. The van der Waals surface area contributed by atoms with E-state index in [1.54, 1.807) is 5.06 Å². The Balaban J connectivity index is 2.18. The molecule has 58 valence electrons. The van der Waals surface area contributed by atoms with Gasteiger partial charge in [0.15, 0.2) is 0 Å². The molecule has 3 heteroatoms. The van der Waals surface area contributed by atoms with Gasteiger partial charge in [-0.05, 0) is 6.92 Å². The number of rotatable bonds is 2. The summed E-state index contributed by atoms with van der Waals surface area (Å²) in [6.45, 7) is 3.81. The number of hydroxylamine groups is 2. The predicted molar refractivity (Wildman–Crippen MR) is 38.3 cm³/mol. The van der Waals surface area contributed by atoms with Gasteiger partial charge < -0.3 is 5.11 Å². The second-order valence-corrected chi connectivity index (χ2v) is 2.37. The summed E-state index contributed by atoms with van der Waals surface area (Å²) in [4.78, 5) is 5.10. The van der Waals surface area contributed by atoms with Gasteiger partial charge >= 0.3 is 0 Å². The molecule has 1 saturated heterocycles. The maximum atomic E-state index is 9.01. The van der Waals surface area contributed by atoms with E-state index in [1.165, 1.54) is 0 Å². The van der Waals surface area contributed by atoms with Crippen LogP contribution in [0.5, 0.6) is 0 Å². The van der Waals surface area contributed by atoms with Crippen LogP contribution in [0.4, 0.5) is 0 Å². The number of aliphatic hydroxyl groups excluding tert-OH is 1. The van der Waals surface area contributed by atoms with Crippen LogP contribution in [0.2, 0.25) is 0 Å². The molecule has 1 rings (SSSR count).